The van der Waals surface area contributed by atoms with Crippen molar-refractivity contribution in [2.75, 3.05) is 0 Å². The molecule has 0 spiro atoms. The van der Waals surface area contributed by atoms with E-state index >= 15 is 0 Å². The predicted octanol–water partition coefficient (Wildman–Crippen LogP) is 6.72. The number of para-hydroxylation sites is 1. The topological polar surface area (TPSA) is 34.7 Å². The second-order valence-electron chi connectivity index (χ2n) is 8.42. The largest absolute Gasteiger partial charge is 0.455 e. The Morgan fingerprint density at radius 2 is 1.60 bits per heavy atom. The van der Waals surface area contributed by atoms with Crippen LogP contribution in [0.2, 0.25) is 0 Å². The molecule has 1 heterocycles. The number of fused-ring (bicyclic) bond motifs is 1. The second kappa shape index (κ2) is 7.83. The summed E-state index contributed by atoms with van der Waals surface area (Å²) in [5.74, 6) is 1.12. The molecule has 150 valence electrons. The molecule has 0 unspecified atom stereocenters. The number of benzene rings is 3. The first-order valence-corrected chi connectivity index (χ1v) is 10.5. The van der Waals surface area contributed by atoms with Gasteiger partial charge in [0, 0.05) is 11.3 Å². The molecule has 1 fully saturated rings. The molecule has 3 nitrogen and oxygen atoms in total. The van der Waals surface area contributed by atoms with Gasteiger partial charge in [0.05, 0.1) is 0 Å². The fourth-order valence-corrected chi connectivity index (χ4v) is 4.48. The quantitative estimate of drug-likeness (QED) is 0.268. The lowest BCUT2D eigenvalue weighted by atomic mass is 9.58. The maximum atomic E-state index is 6.15. The van der Waals surface area contributed by atoms with Crippen molar-refractivity contribution in [3.05, 3.63) is 108 Å². The van der Waals surface area contributed by atoms with Crippen LogP contribution in [0.15, 0.2) is 101 Å². The molecule has 0 bridgehead atoms. The van der Waals surface area contributed by atoms with Crippen molar-refractivity contribution in [2.45, 2.75) is 31.8 Å². The van der Waals surface area contributed by atoms with E-state index in [-0.39, 0.29) is 5.41 Å². The zero-order valence-electron chi connectivity index (χ0n) is 17.1. The Hall–Kier alpha value is -3.33. The van der Waals surface area contributed by atoms with Crippen molar-refractivity contribution in [2.24, 2.45) is 11.1 Å². The molecule has 0 aliphatic heterocycles. The Bertz CT molecular complexity index is 1120. The first-order chi connectivity index (χ1) is 14.7. The molecule has 3 aromatic carbocycles. The Morgan fingerprint density at radius 1 is 0.933 bits per heavy atom. The van der Waals surface area contributed by atoms with E-state index in [1.165, 1.54) is 5.56 Å². The number of hydrogen-bond donors (Lipinski definition) is 0. The van der Waals surface area contributed by atoms with E-state index in [1.807, 2.05) is 48.5 Å². The lowest BCUT2D eigenvalue weighted by molar-refractivity contribution is 0.123. The number of rotatable bonds is 6. The number of nitrogens with zero attached hydrogens (tertiary/aromatic N) is 1. The van der Waals surface area contributed by atoms with Gasteiger partial charge in [-0.25, -0.2) is 0 Å². The summed E-state index contributed by atoms with van der Waals surface area (Å²) >= 11 is 0. The van der Waals surface area contributed by atoms with Gasteiger partial charge in [0.25, 0.3) is 0 Å². The van der Waals surface area contributed by atoms with Gasteiger partial charge in [-0.2, -0.15) is 0 Å². The minimum atomic E-state index is 0.165. The van der Waals surface area contributed by atoms with Crippen molar-refractivity contribution < 1.29 is 9.25 Å². The summed E-state index contributed by atoms with van der Waals surface area (Å²) in [6.45, 7) is 2.78. The molecule has 5 rings (SSSR count). The van der Waals surface area contributed by atoms with E-state index in [0.29, 0.717) is 12.5 Å². The van der Waals surface area contributed by atoms with Crippen LogP contribution in [0.5, 0.6) is 0 Å². The second-order valence-corrected chi connectivity index (χ2v) is 8.42. The maximum absolute atomic E-state index is 6.15. The Balaban J connectivity index is 1.41. The number of oxime groups is 1. The Labute approximate surface area is 177 Å². The Kier molecular flexibility index (Phi) is 4.88. The van der Waals surface area contributed by atoms with Crippen LogP contribution in [0.3, 0.4) is 0 Å². The van der Waals surface area contributed by atoms with Crippen LogP contribution < -0.4 is 0 Å². The van der Waals surface area contributed by atoms with Crippen molar-refractivity contribution in [1.82, 2.24) is 0 Å². The normalized spacial score (nSPS) is 21.4. The monoisotopic (exact) mass is 395 g/mol. The van der Waals surface area contributed by atoms with Crippen LogP contribution in [-0.4, -0.2) is 5.71 Å². The van der Waals surface area contributed by atoms with Crippen LogP contribution in [0.1, 0.15) is 36.7 Å². The average molecular weight is 396 g/mol. The first kappa shape index (κ1) is 18.7. The first-order valence-electron chi connectivity index (χ1n) is 10.5. The highest BCUT2D eigenvalue weighted by Gasteiger charge is 2.45. The highest BCUT2D eigenvalue weighted by atomic mass is 16.6. The lowest BCUT2D eigenvalue weighted by Crippen LogP contribution is -2.42. The van der Waals surface area contributed by atoms with E-state index < -0.39 is 0 Å². The fraction of sp³-hybridized carbons (Fsp3) is 0.222. The van der Waals surface area contributed by atoms with Crippen LogP contribution in [0.25, 0.3) is 11.0 Å². The van der Waals surface area contributed by atoms with Crippen LogP contribution in [-0.2, 0) is 16.9 Å². The third-order valence-corrected chi connectivity index (χ3v) is 6.17. The minimum absolute atomic E-state index is 0.165. The van der Waals surface area contributed by atoms with Gasteiger partial charge < -0.3 is 9.25 Å². The van der Waals surface area contributed by atoms with Crippen molar-refractivity contribution in [1.29, 1.82) is 0 Å². The molecule has 0 saturated heterocycles. The van der Waals surface area contributed by atoms with Crippen LogP contribution in [0.4, 0.5) is 0 Å². The minimum Gasteiger partial charge on any atom is -0.455 e. The van der Waals surface area contributed by atoms with Crippen LogP contribution in [0, 0.1) is 5.92 Å². The van der Waals surface area contributed by atoms with Gasteiger partial charge in [-0.15, -0.1) is 0 Å². The summed E-state index contributed by atoms with van der Waals surface area (Å²) in [7, 11) is 0. The SMILES string of the molecule is CC1(c2ccccc2)CC(/C(=N/OCc2ccccc2)c2cc3ccccc3o2)C1. The van der Waals surface area contributed by atoms with Gasteiger partial charge in [0.2, 0.25) is 0 Å². The summed E-state index contributed by atoms with van der Waals surface area (Å²) in [5.41, 5.74) is 4.45. The summed E-state index contributed by atoms with van der Waals surface area (Å²) < 4.78 is 6.15. The average Bonchev–Trinajstić information content (AvgIpc) is 3.20. The van der Waals surface area contributed by atoms with Crippen LogP contribution >= 0.6 is 0 Å². The van der Waals surface area contributed by atoms with Gasteiger partial charge in [-0.1, -0.05) is 90.9 Å². The molecule has 0 N–H and O–H groups in total. The third-order valence-electron chi connectivity index (χ3n) is 6.17. The molecule has 0 amide bonds. The standard InChI is InChI=1S/C27H25NO2/c1-27(23-13-6-3-7-14-23)17-22(18-27)26(28-29-19-20-10-4-2-5-11-20)25-16-21-12-8-9-15-24(21)30-25/h2-16,22H,17-19H2,1H3/b28-26-. The van der Waals surface area contributed by atoms with E-state index in [4.69, 9.17) is 9.25 Å². The lowest BCUT2D eigenvalue weighted by Gasteiger charge is -2.45. The van der Waals surface area contributed by atoms with Crippen molar-refractivity contribution in [3.63, 3.8) is 0 Å². The van der Waals surface area contributed by atoms with Crippen molar-refractivity contribution >= 4 is 16.7 Å². The summed E-state index contributed by atoms with van der Waals surface area (Å²) in [6, 6.07) is 31.0. The van der Waals surface area contributed by atoms with Crippen molar-refractivity contribution in [3.8, 4) is 0 Å². The molecule has 0 atom stereocenters. The van der Waals surface area contributed by atoms with E-state index in [2.05, 4.69) is 54.5 Å². The zero-order chi connectivity index (χ0) is 20.4. The Morgan fingerprint density at radius 3 is 2.33 bits per heavy atom. The third kappa shape index (κ3) is 3.63. The van der Waals surface area contributed by atoms with Gasteiger partial charge >= 0.3 is 0 Å². The molecule has 4 aromatic rings. The molecule has 0 radical (unpaired) electrons. The molecule has 1 aliphatic carbocycles. The number of furan rings is 1. The van der Waals surface area contributed by atoms with Gasteiger partial charge in [-0.05, 0) is 41.5 Å². The predicted molar refractivity (Wildman–Crippen MR) is 121 cm³/mol. The van der Waals surface area contributed by atoms with Gasteiger partial charge in [0.15, 0.2) is 5.76 Å². The molecule has 30 heavy (non-hydrogen) atoms. The highest BCUT2D eigenvalue weighted by Crippen LogP contribution is 2.49. The smallest absolute Gasteiger partial charge is 0.153 e. The number of hydrogen-bond acceptors (Lipinski definition) is 3. The molecule has 1 aliphatic rings. The molecule has 1 aromatic heterocycles. The van der Waals surface area contributed by atoms with Gasteiger partial charge in [0.1, 0.15) is 17.9 Å². The van der Waals surface area contributed by atoms with Gasteiger partial charge in [-0.3, -0.25) is 0 Å². The van der Waals surface area contributed by atoms with E-state index in [0.717, 1.165) is 40.8 Å². The molecule has 1 saturated carbocycles. The summed E-state index contributed by atoms with van der Waals surface area (Å²) in [5, 5.41) is 5.68. The molecule has 3 heteroatoms. The summed E-state index contributed by atoms with van der Waals surface area (Å²) in [4.78, 5) is 5.79. The van der Waals surface area contributed by atoms with E-state index in [9.17, 15) is 0 Å². The van der Waals surface area contributed by atoms with E-state index in [1.54, 1.807) is 0 Å². The maximum Gasteiger partial charge on any atom is 0.153 e. The summed E-state index contributed by atoms with van der Waals surface area (Å²) in [6.07, 6.45) is 2.06. The fourth-order valence-electron chi connectivity index (χ4n) is 4.48. The zero-order valence-corrected chi connectivity index (χ0v) is 17.1. The molecular formula is C27H25NO2. The highest BCUT2D eigenvalue weighted by molar-refractivity contribution is 6.03. The molecular weight excluding hydrogens is 370 g/mol.